The fourth-order valence-corrected chi connectivity index (χ4v) is 5.43. The number of pyridine rings is 1. The topological polar surface area (TPSA) is 91.8 Å². The van der Waals surface area contributed by atoms with Crippen LogP contribution in [0.15, 0.2) is 53.6 Å². The van der Waals surface area contributed by atoms with Gasteiger partial charge in [-0.3, -0.25) is 14.7 Å². The quantitative estimate of drug-likeness (QED) is 0.752. The van der Waals surface area contributed by atoms with Crippen LogP contribution in [0.5, 0.6) is 0 Å². The number of likely N-dealkylation sites (tertiary alicyclic amines) is 1. The van der Waals surface area contributed by atoms with E-state index in [0.29, 0.717) is 32.0 Å². The normalized spacial score (nSPS) is 20.9. The van der Waals surface area contributed by atoms with Gasteiger partial charge in [0.25, 0.3) is 0 Å². The molecular formula is C21H26N4O4S. The van der Waals surface area contributed by atoms with E-state index in [2.05, 4.69) is 15.2 Å². The molecule has 2 saturated heterocycles. The highest BCUT2D eigenvalue weighted by molar-refractivity contribution is 7.89. The molecule has 0 aliphatic carbocycles. The Morgan fingerprint density at radius 2 is 1.97 bits per heavy atom. The van der Waals surface area contributed by atoms with Gasteiger partial charge in [0.15, 0.2) is 0 Å². The molecule has 1 aromatic carbocycles. The number of hydrogen-bond acceptors (Lipinski definition) is 6. The highest BCUT2D eigenvalue weighted by Gasteiger charge is 2.29. The Bertz CT molecular complexity index is 978. The molecule has 2 fully saturated rings. The van der Waals surface area contributed by atoms with Crippen LogP contribution in [0.3, 0.4) is 0 Å². The first-order valence-electron chi connectivity index (χ1n) is 10.2. The lowest BCUT2D eigenvalue weighted by Gasteiger charge is -2.26. The van der Waals surface area contributed by atoms with Gasteiger partial charge in [-0.25, -0.2) is 8.42 Å². The number of nitrogens with zero attached hydrogens (tertiary/aromatic N) is 3. The van der Waals surface area contributed by atoms with Crippen molar-refractivity contribution < 1.29 is 17.9 Å². The lowest BCUT2D eigenvalue weighted by molar-refractivity contribution is -0.117. The predicted molar refractivity (Wildman–Crippen MR) is 112 cm³/mol. The third-order valence-electron chi connectivity index (χ3n) is 5.47. The molecule has 4 rings (SSSR count). The largest absolute Gasteiger partial charge is 0.379 e. The van der Waals surface area contributed by atoms with Gasteiger partial charge in [0, 0.05) is 25.0 Å². The molecule has 9 heteroatoms. The fraction of sp³-hybridized carbons (Fsp3) is 0.429. The Kier molecular flexibility index (Phi) is 6.43. The maximum atomic E-state index is 12.8. The van der Waals surface area contributed by atoms with Crippen molar-refractivity contribution in [3.8, 4) is 0 Å². The van der Waals surface area contributed by atoms with Crippen LogP contribution in [0.25, 0.3) is 0 Å². The molecule has 0 spiro atoms. The maximum Gasteiger partial charge on any atom is 0.243 e. The Hall–Kier alpha value is -2.33. The molecule has 1 N–H and O–H groups in total. The average Bonchev–Trinajstić information content (AvgIpc) is 3.23. The van der Waals surface area contributed by atoms with Crippen molar-refractivity contribution in [1.82, 2.24) is 14.2 Å². The first-order valence-corrected chi connectivity index (χ1v) is 11.6. The molecule has 0 saturated carbocycles. The van der Waals surface area contributed by atoms with Crippen molar-refractivity contribution in [2.45, 2.75) is 23.8 Å². The van der Waals surface area contributed by atoms with Crippen LogP contribution in [0.1, 0.15) is 24.6 Å². The Labute approximate surface area is 176 Å². The molecular weight excluding hydrogens is 404 g/mol. The standard InChI is InChI=1S/C21H26N4O4S/c26-21(16-24-10-4-8-20(24)19-7-1-2-9-22-19)23-17-5-3-6-18(15-17)30(27,28)25-11-13-29-14-12-25/h1-3,5-7,9,15,20H,4,8,10-14,16H2,(H,23,26)/t20-/m1/s1. The van der Waals surface area contributed by atoms with Gasteiger partial charge in [0.2, 0.25) is 15.9 Å². The molecule has 2 aliphatic rings. The number of amides is 1. The second-order valence-corrected chi connectivity index (χ2v) is 9.41. The molecule has 8 nitrogen and oxygen atoms in total. The minimum absolute atomic E-state index is 0.130. The van der Waals surface area contributed by atoms with Gasteiger partial charge in [0.05, 0.1) is 36.4 Å². The lowest BCUT2D eigenvalue weighted by atomic mass is 10.1. The smallest absolute Gasteiger partial charge is 0.243 e. The Morgan fingerprint density at radius 1 is 1.13 bits per heavy atom. The summed E-state index contributed by atoms with van der Waals surface area (Å²) >= 11 is 0. The predicted octanol–water partition coefficient (Wildman–Crippen LogP) is 1.88. The Balaban J connectivity index is 1.42. The minimum atomic E-state index is -3.60. The van der Waals surface area contributed by atoms with Crippen LogP contribution in [0.4, 0.5) is 5.69 Å². The van der Waals surface area contributed by atoms with Gasteiger partial charge in [-0.05, 0) is 49.7 Å². The van der Waals surface area contributed by atoms with Crippen LogP contribution in [0.2, 0.25) is 0 Å². The molecule has 2 aliphatic heterocycles. The summed E-state index contributed by atoms with van der Waals surface area (Å²) < 4.78 is 32.3. The van der Waals surface area contributed by atoms with E-state index in [-0.39, 0.29) is 23.4 Å². The van der Waals surface area contributed by atoms with Crippen molar-refractivity contribution in [2.24, 2.45) is 0 Å². The molecule has 0 radical (unpaired) electrons. The number of sulfonamides is 1. The monoisotopic (exact) mass is 430 g/mol. The first-order chi connectivity index (χ1) is 14.5. The second kappa shape index (κ2) is 9.22. The van der Waals surface area contributed by atoms with E-state index in [1.165, 1.54) is 10.4 Å². The second-order valence-electron chi connectivity index (χ2n) is 7.48. The molecule has 2 aromatic rings. The van der Waals surface area contributed by atoms with E-state index in [9.17, 15) is 13.2 Å². The summed E-state index contributed by atoms with van der Waals surface area (Å²) in [5, 5.41) is 2.85. The number of ether oxygens (including phenoxy) is 1. The van der Waals surface area contributed by atoms with Crippen molar-refractivity contribution in [3.05, 3.63) is 54.4 Å². The molecule has 160 valence electrons. The summed E-state index contributed by atoms with van der Waals surface area (Å²) in [6.07, 6.45) is 3.76. The molecule has 1 amide bonds. The van der Waals surface area contributed by atoms with Crippen molar-refractivity contribution in [1.29, 1.82) is 0 Å². The molecule has 30 heavy (non-hydrogen) atoms. The summed E-state index contributed by atoms with van der Waals surface area (Å²) in [7, 11) is -3.60. The van der Waals surface area contributed by atoms with Crippen LogP contribution in [-0.2, 0) is 19.6 Å². The molecule has 3 heterocycles. The maximum absolute atomic E-state index is 12.8. The van der Waals surface area contributed by atoms with E-state index in [4.69, 9.17) is 4.74 Å². The molecule has 1 aromatic heterocycles. The minimum Gasteiger partial charge on any atom is -0.379 e. The van der Waals surface area contributed by atoms with Crippen molar-refractivity contribution in [3.63, 3.8) is 0 Å². The number of aromatic nitrogens is 1. The van der Waals surface area contributed by atoms with Gasteiger partial charge in [-0.1, -0.05) is 12.1 Å². The number of rotatable bonds is 6. The number of hydrogen-bond donors (Lipinski definition) is 1. The molecule has 0 unspecified atom stereocenters. The van der Waals surface area contributed by atoms with E-state index in [1.54, 1.807) is 24.4 Å². The number of nitrogens with one attached hydrogen (secondary N) is 1. The summed E-state index contributed by atoms with van der Waals surface area (Å²) in [6.45, 7) is 2.53. The van der Waals surface area contributed by atoms with E-state index in [1.807, 2.05) is 18.2 Å². The van der Waals surface area contributed by atoms with Crippen LogP contribution >= 0.6 is 0 Å². The summed E-state index contributed by atoms with van der Waals surface area (Å²) in [6, 6.07) is 12.4. The summed E-state index contributed by atoms with van der Waals surface area (Å²) in [5.41, 5.74) is 1.45. The van der Waals surface area contributed by atoms with E-state index < -0.39 is 10.0 Å². The van der Waals surface area contributed by atoms with Gasteiger partial charge >= 0.3 is 0 Å². The van der Waals surface area contributed by atoms with Crippen LogP contribution in [0, 0.1) is 0 Å². The first kappa shape index (κ1) is 20.9. The third-order valence-corrected chi connectivity index (χ3v) is 7.36. The number of morpholine rings is 1. The van der Waals surface area contributed by atoms with Gasteiger partial charge < -0.3 is 10.1 Å². The van der Waals surface area contributed by atoms with Crippen molar-refractivity contribution >= 4 is 21.6 Å². The Morgan fingerprint density at radius 3 is 2.73 bits per heavy atom. The third kappa shape index (κ3) is 4.70. The van der Waals surface area contributed by atoms with Gasteiger partial charge in [-0.2, -0.15) is 4.31 Å². The van der Waals surface area contributed by atoms with E-state index >= 15 is 0 Å². The summed E-state index contributed by atoms with van der Waals surface area (Å²) in [5.74, 6) is -0.168. The lowest BCUT2D eigenvalue weighted by Crippen LogP contribution is -2.40. The zero-order chi connectivity index (χ0) is 21.0. The zero-order valence-electron chi connectivity index (χ0n) is 16.7. The number of anilines is 1. The molecule has 1 atom stereocenters. The van der Waals surface area contributed by atoms with Crippen LogP contribution < -0.4 is 5.32 Å². The number of carbonyl (C=O) groups excluding carboxylic acids is 1. The van der Waals surface area contributed by atoms with Crippen molar-refractivity contribution in [2.75, 3.05) is 44.7 Å². The number of carbonyl (C=O) groups is 1. The number of benzene rings is 1. The van der Waals surface area contributed by atoms with Crippen LogP contribution in [-0.4, -0.2) is 67.9 Å². The SMILES string of the molecule is O=C(CN1CCC[C@@H]1c1ccccn1)Nc1cccc(S(=O)(=O)N2CCOCC2)c1. The zero-order valence-corrected chi connectivity index (χ0v) is 17.6. The summed E-state index contributed by atoms with van der Waals surface area (Å²) in [4.78, 5) is 19.4. The fourth-order valence-electron chi connectivity index (χ4n) is 3.98. The van der Waals surface area contributed by atoms with Gasteiger partial charge in [0.1, 0.15) is 0 Å². The van der Waals surface area contributed by atoms with E-state index in [0.717, 1.165) is 25.1 Å². The highest BCUT2D eigenvalue weighted by Crippen LogP contribution is 2.30. The highest BCUT2D eigenvalue weighted by atomic mass is 32.2. The average molecular weight is 431 g/mol. The molecule has 0 bridgehead atoms. The van der Waals surface area contributed by atoms with Gasteiger partial charge in [-0.15, -0.1) is 0 Å².